The van der Waals surface area contributed by atoms with Crippen LogP contribution < -0.4 is 4.72 Å². The maximum absolute atomic E-state index is 12.6. The number of H-pyrrole nitrogens is 1. The van der Waals surface area contributed by atoms with Crippen LogP contribution >= 0.6 is 11.6 Å². The first-order valence-electron chi connectivity index (χ1n) is 8.18. The Morgan fingerprint density at radius 3 is 2.69 bits per heavy atom. The molecular formula is C18H15ClN4O2S. The highest BCUT2D eigenvalue weighted by atomic mass is 35.5. The number of rotatable bonds is 4. The number of hydrogen-bond donors (Lipinski definition) is 2. The number of nitriles is 1. The number of fused-ring (bicyclic) bond motifs is 1. The second kappa shape index (κ2) is 6.31. The summed E-state index contributed by atoms with van der Waals surface area (Å²) in [6.45, 7) is 0. The fourth-order valence-electron chi connectivity index (χ4n) is 2.94. The van der Waals surface area contributed by atoms with E-state index < -0.39 is 10.0 Å². The maximum Gasteiger partial charge on any atom is 0.261 e. The molecule has 2 aromatic carbocycles. The van der Waals surface area contributed by atoms with Crippen LogP contribution in [0.4, 0.5) is 5.69 Å². The third kappa shape index (κ3) is 3.02. The van der Waals surface area contributed by atoms with Crippen LogP contribution in [-0.4, -0.2) is 18.4 Å². The second-order valence-electron chi connectivity index (χ2n) is 6.34. The minimum Gasteiger partial charge on any atom is -0.342 e. The van der Waals surface area contributed by atoms with Crippen LogP contribution in [-0.2, 0) is 10.0 Å². The number of nitrogens with zero attached hydrogens (tertiary/aromatic N) is 2. The molecule has 3 aromatic rings. The number of aromatic amines is 1. The molecule has 0 spiro atoms. The minimum atomic E-state index is -3.81. The monoisotopic (exact) mass is 386 g/mol. The van der Waals surface area contributed by atoms with Gasteiger partial charge in [0.25, 0.3) is 10.0 Å². The Labute approximate surface area is 155 Å². The van der Waals surface area contributed by atoms with E-state index in [1.165, 1.54) is 24.6 Å². The molecule has 1 aliphatic carbocycles. The smallest absolute Gasteiger partial charge is 0.261 e. The fraction of sp³-hybridized carbons (Fsp3) is 0.222. The molecule has 26 heavy (non-hydrogen) atoms. The molecule has 4 rings (SSSR count). The first-order chi connectivity index (χ1) is 12.5. The van der Waals surface area contributed by atoms with E-state index in [1.54, 1.807) is 18.2 Å². The summed E-state index contributed by atoms with van der Waals surface area (Å²) in [6.07, 6.45) is 3.50. The summed E-state index contributed by atoms with van der Waals surface area (Å²) in [5.74, 6) is 1.44. The molecule has 0 bridgehead atoms. The SMILES string of the molecule is N#Cc1ccc(S(=O)(=O)Nc2ccc3nc(C4CCC4)[nH]c3c2)cc1Cl. The number of halogens is 1. The number of sulfonamides is 1. The number of hydrogen-bond acceptors (Lipinski definition) is 4. The van der Waals surface area contributed by atoms with Gasteiger partial charge in [0, 0.05) is 5.92 Å². The number of benzene rings is 2. The number of nitrogens with one attached hydrogen (secondary N) is 2. The van der Waals surface area contributed by atoms with E-state index in [0.29, 0.717) is 11.6 Å². The van der Waals surface area contributed by atoms with Gasteiger partial charge in [0.1, 0.15) is 11.9 Å². The summed E-state index contributed by atoms with van der Waals surface area (Å²) in [7, 11) is -3.81. The van der Waals surface area contributed by atoms with E-state index in [2.05, 4.69) is 14.7 Å². The number of aromatic nitrogens is 2. The van der Waals surface area contributed by atoms with Crippen molar-refractivity contribution in [3.05, 3.63) is 52.8 Å². The highest BCUT2D eigenvalue weighted by Gasteiger charge is 2.23. The van der Waals surface area contributed by atoms with Gasteiger partial charge in [-0.05, 0) is 49.2 Å². The van der Waals surface area contributed by atoms with E-state index in [4.69, 9.17) is 16.9 Å². The molecule has 132 valence electrons. The zero-order valence-electron chi connectivity index (χ0n) is 13.7. The van der Waals surface area contributed by atoms with Crippen LogP contribution in [0.3, 0.4) is 0 Å². The molecule has 1 heterocycles. The topological polar surface area (TPSA) is 98.6 Å². The molecule has 1 saturated carbocycles. The van der Waals surface area contributed by atoms with E-state index >= 15 is 0 Å². The molecule has 0 radical (unpaired) electrons. The van der Waals surface area contributed by atoms with Crippen LogP contribution in [0.5, 0.6) is 0 Å². The van der Waals surface area contributed by atoms with Crippen LogP contribution in [0.25, 0.3) is 11.0 Å². The van der Waals surface area contributed by atoms with Crippen molar-refractivity contribution in [3.8, 4) is 6.07 Å². The zero-order valence-corrected chi connectivity index (χ0v) is 15.2. The van der Waals surface area contributed by atoms with Crippen molar-refractivity contribution < 1.29 is 8.42 Å². The molecule has 0 saturated heterocycles. The Balaban J connectivity index is 1.63. The van der Waals surface area contributed by atoms with Crippen LogP contribution in [0.15, 0.2) is 41.3 Å². The number of anilines is 1. The predicted octanol–water partition coefficient (Wildman–Crippen LogP) is 4.16. The largest absolute Gasteiger partial charge is 0.342 e. The van der Waals surface area contributed by atoms with E-state index in [-0.39, 0.29) is 15.5 Å². The highest BCUT2D eigenvalue weighted by molar-refractivity contribution is 7.92. The summed E-state index contributed by atoms with van der Waals surface area (Å²) in [5, 5.41) is 9.00. The Morgan fingerprint density at radius 1 is 1.23 bits per heavy atom. The molecule has 0 unspecified atom stereocenters. The second-order valence-corrected chi connectivity index (χ2v) is 8.43. The molecule has 1 aliphatic rings. The third-order valence-electron chi connectivity index (χ3n) is 4.62. The Hall–Kier alpha value is -2.56. The van der Waals surface area contributed by atoms with E-state index in [1.807, 2.05) is 6.07 Å². The predicted molar refractivity (Wildman–Crippen MR) is 99.7 cm³/mol. The Morgan fingerprint density at radius 2 is 2.04 bits per heavy atom. The molecule has 0 aliphatic heterocycles. The lowest BCUT2D eigenvalue weighted by Gasteiger charge is -2.22. The van der Waals surface area contributed by atoms with Gasteiger partial charge < -0.3 is 4.98 Å². The lowest BCUT2D eigenvalue weighted by atomic mass is 9.85. The van der Waals surface area contributed by atoms with Gasteiger partial charge in [0.05, 0.1) is 32.2 Å². The summed E-state index contributed by atoms with van der Waals surface area (Å²) < 4.78 is 27.7. The Kier molecular flexibility index (Phi) is 4.10. The van der Waals surface area contributed by atoms with E-state index in [9.17, 15) is 8.42 Å². The normalized spacial score (nSPS) is 14.8. The zero-order chi connectivity index (χ0) is 18.3. The quantitative estimate of drug-likeness (QED) is 0.703. The lowest BCUT2D eigenvalue weighted by Crippen LogP contribution is -2.13. The van der Waals surface area contributed by atoms with Crippen molar-refractivity contribution in [1.29, 1.82) is 5.26 Å². The summed E-state index contributed by atoms with van der Waals surface area (Å²) >= 11 is 5.94. The van der Waals surface area contributed by atoms with Crippen LogP contribution in [0, 0.1) is 11.3 Å². The summed E-state index contributed by atoms with van der Waals surface area (Å²) in [4.78, 5) is 7.87. The Bertz CT molecular complexity index is 1140. The van der Waals surface area contributed by atoms with Gasteiger partial charge in [0.2, 0.25) is 0 Å². The molecule has 0 atom stereocenters. The maximum atomic E-state index is 12.6. The van der Waals surface area contributed by atoms with Crippen LogP contribution in [0.1, 0.15) is 36.6 Å². The van der Waals surface area contributed by atoms with Crippen molar-refractivity contribution in [2.45, 2.75) is 30.1 Å². The van der Waals surface area contributed by atoms with Crippen molar-refractivity contribution in [1.82, 2.24) is 9.97 Å². The van der Waals surface area contributed by atoms with Gasteiger partial charge >= 0.3 is 0 Å². The average molecular weight is 387 g/mol. The third-order valence-corrected chi connectivity index (χ3v) is 6.31. The first-order valence-corrected chi connectivity index (χ1v) is 10.0. The van der Waals surface area contributed by atoms with E-state index in [0.717, 1.165) is 29.7 Å². The van der Waals surface area contributed by atoms with Gasteiger partial charge in [-0.3, -0.25) is 4.72 Å². The summed E-state index contributed by atoms with van der Waals surface area (Å²) in [5.41, 5.74) is 2.27. The van der Waals surface area contributed by atoms with Crippen LogP contribution in [0.2, 0.25) is 5.02 Å². The van der Waals surface area contributed by atoms with Crippen molar-refractivity contribution in [2.24, 2.45) is 0 Å². The minimum absolute atomic E-state index is 0.00126. The number of imidazole rings is 1. The molecule has 1 aromatic heterocycles. The van der Waals surface area contributed by atoms with Crippen molar-refractivity contribution in [3.63, 3.8) is 0 Å². The molecule has 8 heteroatoms. The lowest BCUT2D eigenvalue weighted by molar-refractivity contribution is 0.405. The van der Waals surface area contributed by atoms with Gasteiger partial charge in [-0.15, -0.1) is 0 Å². The molecule has 1 fully saturated rings. The molecule has 0 amide bonds. The molecule has 6 nitrogen and oxygen atoms in total. The van der Waals surface area contributed by atoms with Gasteiger partial charge in [0.15, 0.2) is 0 Å². The van der Waals surface area contributed by atoms with Crippen molar-refractivity contribution >= 4 is 38.3 Å². The highest BCUT2D eigenvalue weighted by Crippen LogP contribution is 2.35. The average Bonchev–Trinajstić information content (AvgIpc) is 2.95. The standard InChI is InChI=1S/C18H15ClN4O2S/c19-15-9-14(6-4-12(15)10-20)26(24,25)23-13-5-7-16-17(8-13)22-18(21-16)11-2-1-3-11/h4-9,11,23H,1-3H2,(H,21,22). The molecular weight excluding hydrogens is 372 g/mol. The molecule has 2 N–H and O–H groups in total. The van der Waals surface area contributed by atoms with Crippen molar-refractivity contribution in [2.75, 3.05) is 4.72 Å². The van der Waals surface area contributed by atoms with Gasteiger partial charge in [-0.25, -0.2) is 13.4 Å². The fourth-order valence-corrected chi connectivity index (χ4v) is 4.30. The van der Waals surface area contributed by atoms with Gasteiger partial charge in [-0.1, -0.05) is 18.0 Å². The van der Waals surface area contributed by atoms with Gasteiger partial charge in [-0.2, -0.15) is 5.26 Å². The first kappa shape index (κ1) is 16.9. The summed E-state index contributed by atoms with van der Waals surface area (Å²) in [6, 6.07) is 11.1.